The fourth-order valence-electron chi connectivity index (χ4n) is 3.03. The van der Waals surface area contributed by atoms with Crippen molar-refractivity contribution in [3.05, 3.63) is 55.1 Å². The third-order valence-corrected chi connectivity index (χ3v) is 6.59. The van der Waals surface area contributed by atoms with Crippen molar-refractivity contribution in [2.45, 2.75) is 31.2 Å². The molecule has 1 aliphatic carbocycles. The molecule has 2 aromatic rings. The third kappa shape index (κ3) is 3.03. The van der Waals surface area contributed by atoms with Crippen LogP contribution in [0.3, 0.4) is 0 Å². The molecule has 1 heterocycles. The number of thiophene rings is 1. The standard InChI is InChI=1S/C17H17Br2NOS/c1-20(10-15-9-14(19)11-22-15)16(21)17(7-2-8-17)12-3-5-13(18)6-4-12/h3-6,9,11H,2,7-8,10H2,1H3. The SMILES string of the molecule is CN(Cc1cc(Br)cs1)C(=O)C1(c2ccc(Br)cc2)CCC1. The number of amides is 1. The molecular formula is C17H17Br2NOS. The minimum atomic E-state index is -0.316. The van der Waals surface area contributed by atoms with E-state index in [0.29, 0.717) is 6.54 Å². The molecule has 1 saturated carbocycles. The normalized spacial score (nSPS) is 16.1. The summed E-state index contributed by atoms with van der Waals surface area (Å²) in [5.41, 5.74) is 0.829. The van der Waals surface area contributed by atoms with Crippen LogP contribution in [0.4, 0.5) is 0 Å². The van der Waals surface area contributed by atoms with Crippen molar-refractivity contribution in [3.8, 4) is 0 Å². The van der Waals surface area contributed by atoms with E-state index in [4.69, 9.17) is 0 Å². The second-order valence-corrected chi connectivity index (χ2v) is 8.66. The van der Waals surface area contributed by atoms with E-state index in [1.54, 1.807) is 11.3 Å². The van der Waals surface area contributed by atoms with E-state index >= 15 is 0 Å². The quantitative estimate of drug-likeness (QED) is 0.624. The first-order valence-corrected chi connectivity index (χ1v) is 9.72. The molecular weight excluding hydrogens is 426 g/mol. The van der Waals surface area contributed by atoms with Gasteiger partial charge in [-0.1, -0.05) is 34.5 Å². The van der Waals surface area contributed by atoms with Crippen molar-refractivity contribution < 1.29 is 4.79 Å². The van der Waals surface area contributed by atoms with E-state index in [0.717, 1.165) is 33.8 Å². The van der Waals surface area contributed by atoms with Gasteiger partial charge in [-0.05, 0) is 52.5 Å². The maximum atomic E-state index is 13.1. The molecule has 0 radical (unpaired) electrons. The molecule has 2 nitrogen and oxygen atoms in total. The Balaban J connectivity index is 1.80. The van der Waals surface area contributed by atoms with Crippen LogP contribution in [0, 0.1) is 0 Å². The fraction of sp³-hybridized carbons (Fsp3) is 0.353. The molecule has 1 fully saturated rings. The predicted molar refractivity (Wildman–Crippen MR) is 98.2 cm³/mol. The Kier molecular flexibility index (Phi) is 4.76. The summed E-state index contributed by atoms with van der Waals surface area (Å²) in [7, 11) is 1.91. The number of carbonyl (C=O) groups is 1. The van der Waals surface area contributed by atoms with E-state index in [1.807, 2.05) is 24.1 Å². The van der Waals surface area contributed by atoms with Crippen molar-refractivity contribution >= 4 is 49.1 Å². The summed E-state index contributed by atoms with van der Waals surface area (Å²) < 4.78 is 2.13. The molecule has 1 aliphatic rings. The van der Waals surface area contributed by atoms with Crippen LogP contribution in [0.25, 0.3) is 0 Å². The number of carbonyl (C=O) groups excluding carboxylic acids is 1. The number of benzene rings is 1. The molecule has 1 amide bonds. The molecule has 3 rings (SSSR count). The topological polar surface area (TPSA) is 20.3 Å². The number of nitrogens with zero attached hydrogens (tertiary/aromatic N) is 1. The number of hydrogen-bond donors (Lipinski definition) is 0. The van der Waals surface area contributed by atoms with Crippen molar-refractivity contribution in [3.63, 3.8) is 0 Å². The van der Waals surface area contributed by atoms with Crippen molar-refractivity contribution in [1.82, 2.24) is 4.90 Å². The Bertz CT molecular complexity index is 676. The lowest BCUT2D eigenvalue weighted by Crippen LogP contribution is -2.49. The van der Waals surface area contributed by atoms with E-state index in [1.165, 1.54) is 4.88 Å². The van der Waals surface area contributed by atoms with Crippen molar-refractivity contribution in [2.75, 3.05) is 7.05 Å². The number of rotatable bonds is 4. The highest BCUT2D eigenvalue weighted by molar-refractivity contribution is 9.10. The number of likely N-dealkylation sites (N-methyl/N-ethyl adjacent to an activating group) is 1. The first-order chi connectivity index (χ1) is 10.5. The lowest BCUT2D eigenvalue weighted by atomic mass is 9.63. The van der Waals surface area contributed by atoms with Gasteiger partial charge in [0, 0.05) is 26.3 Å². The summed E-state index contributed by atoms with van der Waals surface area (Å²) in [5.74, 6) is 0.241. The zero-order valence-corrected chi connectivity index (χ0v) is 16.3. The fourth-order valence-corrected chi connectivity index (χ4v) is 4.80. The van der Waals surface area contributed by atoms with Crippen molar-refractivity contribution in [2.24, 2.45) is 0 Å². The smallest absolute Gasteiger partial charge is 0.233 e. The molecule has 0 atom stereocenters. The van der Waals surface area contributed by atoms with Gasteiger partial charge in [-0.15, -0.1) is 11.3 Å². The molecule has 5 heteroatoms. The summed E-state index contributed by atoms with van der Waals surface area (Å²) in [6.45, 7) is 0.674. The summed E-state index contributed by atoms with van der Waals surface area (Å²) in [6.07, 6.45) is 3.03. The Morgan fingerprint density at radius 2 is 1.91 bits per heavy atom. The minimum absolute atomic E-state index is 0.241. The highest BCUT2D eigenvalue weighted by Gasteiger charge is 2.46. The monoisotopic (exact) mass is 441 g/mol. The molecule has 0 N–H and O–H groups in total. The van der Waals surface area contributed by atoms with Gasteiger partial charge in [0.05, 0.1) is 12.0 Å². The summed E-state index contributed by atoms with van der Waals surface area (Å²) in [5, 5.41) is 2.06. The average Bonchev–Trinajstić information content (AvgIpc) is 2.84. The van der Waals surface area contributed by atoms with Crippen LogP contribution in [0.15, 0.2) is 44.7 Å². The van der Waals surface area contributed by atoms with Crippen LogP contribution in [0.5, 0.6) is 0 Å². The lowest BCUT2D eigenvalue weighted by Gasteiger charge is -2.43. The summed E-state index contributed by atoms with van der Waals surface area (Å²) in [6, 6.07) is 10.3. The second kappa shape index (κ2) is 6.46. The molecule has 0 spiro atoms. The van der Waals surface area contributed by atoms with E-state index in [2.05, 4.69) is 55.4 Å². The zero-order valence-electron chi connectivity index (χ0n) is 12.3. The number of halogens is 2. The van der Waals surface area contributed by atoms with E-state index < -0.39 is 0 Å². The molecule has 0 unspecified atom stereocenters. The highest BCUT2D eigenvalue weighted by Crippen LogP contribution is 2.45. The molecule has 0 bridgehead atoms. The van der Waals surface area contributed by atoms with Gasteiger partial charge in [0.25, 0.3) is 0 Å². The molecule has 1 aromatic carbocycles. The Hall–Kier alpha value is -0.650. The Morgan fingerprint density at radius 1 is 1.23 bits per heavy atom. The highest BCUT2D eigenvalue weighted by atomic mass is 79.9. The van der Waals surface area contributed by atoms with Gasteiger partial charge in [0.15, 0.2) is 0 Å². The van der Waals surface area contributed by atoms with Crippen LogP contribution in [-0.2, 0) is 16.8 Å². The first-order valence-electron chi connectivity index (χ1n) is 7.26. The maximum Gasteiger partial charge on any atom is 0.233 e. The van der Waals surface area contributed by atoms with Crippen LogP contribution < -0.4 is 0 Å². The van der Waals surface area contributed by atoms with E-state index in [9.17, 15) is 4.79 Å². The van der Waals surface area contributed by atoms with Gasteiger partial charge in [-0.2, -0.15) is 0 Å². The van der Waals surface area contributed by atoms with Gasteiger partial charge in [0.2, 0.25) is 5.91 Å². The zero-order chi connectivity index (χ0) is 15.7. The lowest BCUT2D eigenvalue weighted by molar-refractivity contribution is -0.140. The molecule has 0 saturated heterocycles. The van der Waals surface area contributed by atoms with Gasteiger partial charge < -0.3 is 4.90 Å². The van der Waals surface area contributed by atoms with Gasteiger partial charge in [-0.25, -0.2) is 0 Å². The molecule has 1 aromatic heterocycles. The largest absolute Gasteiger partial charge is 0.340 e. The summed E-state index contributed by atoms with van der Waals surface area (Å²) in [4.78, 5) is 16.1. The average molecular weight is 443 g/mol. The first kappa shape index (κ1) is 16.2. The van der Waals surface area contributed by atoms with Gasteiger partial charge in [0.1, 0.15) is 0 Å². The molecule has 0 aliphatic heterocycles. The third-order valence-electron chi connectivity index (χ3n) is 4.37. The van der Waals surface area contributed by atoms with Crippen LogP contribution in [-0.4, -0.2) is 17.9 Å². The molecule has 116 valence electrons. The predicted octanol–water partition coefficient (Wildman–Crippen LogP) is 5.35. The van der Waals surface area contributed by atoms with E-state index in [-0.39, 0.29) is 11.3 Å². The number of hydrogen-bond acceptors (Lipinski definition) is 2. The Morgan fingerprint density at radius 3 is 2.41 bits per heavy atom. The van der Waals surface area contributed by atoms with Crippen LogP contribution in [0.2, 0.25) is 0 Å². The summed E-state index contributed by atoms with van der Waals surface area (Å²) >= 11 is 8.62. The molecule has 22 heavy (non-hydrogen) atoms. The second-order valence-electron chi connectivity index (χ2n) is 5.84. The van der Waals surface area contributed by atoms with Crippen LogP contribution >= 0.6 is 43.2 Å². The van der Waals surface area contributed by atoms with Gasteiger partial charge in [-0.3, -0.25) is 4.79 Å². The Labute approximate surface area is 151 Å². The maximum absolute atomic E-state index is 13.1. The van der Waals surface area contributed by atoms with Gasteiger partial charge >= 0.3 is 0 Å². The van der Waals surface area contributed by atoms with Crippen LogP contribution in [0.1, 0.15) is 29.7 Å². The van der Waals surface area contributed by atoms with Crippen molar-refractivity contribution in [1.29, 1.82) is 0 Å². The minimum Gasteiger partial charge on any atom is -0.340 e.